The van der Waals surface area contributed by atoms with Crippen LogP contribution in [0.4, 0.5) is 5.69 Å². The van der Waals surface area contributed by atoms with Crippen LogP contribution in [0.5, 0.6) is 0 Å². The molecule has 2 rings (SSSR count). The number of anilines is 1. The normalized spacial score (nSPS) is 22.7. The lowest BCUT2D eigenvalue weighted by molar-refractivity contribution is 0.0950. The van der Waals surface area contributed by atoms with Crippen LogP contribution in [0.25, 0.3) is 0 Å². The minimum absolute atomic E-state index is 0.116. The summed E-state index contributed by atoms with van der Waals surface area (Å²) in [5.74, 6) is 5.84. The molecule has 1 amide bonds. The second-order valence-electron chi connectivity index (χ2n) is 4.31. The van der Waals surface area contributed by atoms with Crippen molar-refractivity contribution in [1.29, 1.82) is 0 Å². The number of amides is 1. The van der Waals surface area contributed by atoms with Crippen molar-refractivity contribution >= 4 is 11.6 Å². The summed E-state index contributed by atoms with van der Waals surface area (Å²) in [4.78, 5) is 16.0. The number of nitrogens with two attached hydrogens (primary N) is 1. The summed E-state index contributed by atoms with van der Waals surface area (Å²) < 4.78 is 0. The summed E-state index contributed by atoms with van der Waals surface area (Å²) in [6.07, 6.45) is 2.60. The van der Waals surface area contributed by atoms with Crippen molar-refractivity contribution in [2.45, 2.75) is 26.3 Å². The van der Waals surface area contributed by atoms with Gasteiger partial charge in [0.2, 0.25) is 0 Å². The Morgan fingerprint density at radius 3 is 2.88 bits per heavy atom. The molecule has 0 bridgehead atoms. The molecule has 0 spiro atoms. The smallest absolute Gasteiger partial charge is 0.255 e. The average molecular weight is 220 g/mol. The van der Waals surface area contributed by atoms with Crippen LogP contribution in [0.1, 0.15) is 29.4 Å². The lowest BCUT2D eigenvalue weighted by atomic mass is 10.2. The van der Waals surface area contributed by atoms with Gasteiger partial charge in [-0.3, -0.25) is 15.6 Å². The van der Waals surface area contributed by atoms with Crippen molar-refractivity contribution in [3.8, 4) is 0 Å². The summed E-state index contributed by atoms with van der Waals surface area (Å²) >= 11 is 0. The maximum Gasteiger partial charge on any atom is 0.255 e. The molecule has 2 atom stereocenters. The van der Waals surface area contributed by atoms with Gasteiger partial charge in [0.1, 0.15) is 0 Å². The van der Waals surface area contributed by atoms with Gasteiger partial charge in [-0.2, -0.15) is 0 Å². The number of nitrogens with zero attached hydrogens (tertiary/aromatic N) is 1. The van der Waals surface area contributed by atoms with Crippen molar-refractivity contribution in [3.05, 3.63) is 23.5 Å². The highest BCUT2D eigenvalue weighted by Gasteiger charge is 2.34. The van der Waals surface area contributed by atoms with E-state index >= 15 is 0 Å². The molecule has 1 saturated carbocycles. The number of rotatable bonds is 3. The van der Waals surface area contributed by atoms with E-state index in [2.05, 4.69) is 22.7 Å². The lowest BCUT2D eigenvalue weighted by Gasteiger charge is -2.09. The zero-order chi connectivity index (χ0) is 11.7. The zero-order valence-electron chi connectivity index (χ0n) is 9.45. The monoisotopic (exact) mass is 220 g/mol. The Hall–Kier alpha value is -1.62. The van der Waals surface area contributed by atoms with Crippen molar-refractivity contribution in [1.82, 2.24) is 10.3 Å². The summed E-state index contributed by atoms with van der Waals surface area (Å²) in [6, 6.07) is 2.06. The molecule has 1 aromatic rings. The quantitative estimate of drug-likeness (QED) is 0.520. The summed E-state index contributed by atoms with van der Waals surface area (Å²) in [5.41, 5.74) is 4.45. The second kappa shape index (κ2) is 4.09. The van der Waals surface area contributed by atoms with Gasteiger partial charge in [0.25, 0.3) is 5.91 Å². The third-order valence-corrected chi connectivity index (χ3v) is 2.87. The highest BCUT2D eigenvalue weighted by Crippen LogP contribution is 2.29. The van der Waals surface area contributed by atoms with Gasteiger partial charge in [-0.05, 0) is 25.3 Å². The van der Waals surface area contributed by atoms with Gasteiger partial charge in [-0.25, -0.2) is 0 Å². The molecule has 1 heterocycles. The molecule has 1 aliphatic rings. The van der Waals surface area contributed by atoms with Crippen molar-refractivity contribution < 1.29 is 4.79 Å². The first-order chi connectivity index (χ1) is 7.61. The van der Waals surface area contributed by atoms with Crippen LogP contribution in [0.15, 0.2) is 12.3 Å². The Bertz CT molecular complexity index is 418. The number of hydrazine groups is 1. The molecule has 1 fully saturated rings. The Morgan fingerprint density at radius 1 is 1.62 bits per heavy atom. The van der Waals surface area contributed by atoms with Gasteiger partial charge >= 0.3 is 0 Å². The van der Waals surface area contributed by atoms with Crippen LogP contribution < -0.4 is 16.6 Å². The van der Waals surface area contributed by atoms with Gasteiger partial charge < -0.3 is 10.7 Å². The first-order valence-corrected chi connectivity index (χ1v) is 5.36. The molecule has 0 saturated heterocycles. The van der Waals surface area contributed by atoms with Crippen LogP contribution in [0, 0.1) is 12.8 Å². The minimum Gasteiger partial charge on any atom is -0.349 e. The molecular weight excluding hydrogens is 204 g/mol. The number of nitrogen functional groups attached to an aromatic ring is 1. The van der Waals surface area contributed by atoms with E-state index in [4.69, 9.17) is 5.84 Å². The highest BCUT2D eigenvalue weighted by molar-refractivity contribution is 5.99. The maximum absolute atomic E-state index is 11.9. The van der Waals surface area contributed by atoms with E-state index in [1.807, 2.05) is 6.92 Å². The molecule has 5 nitrogen and oxygen atoms in total. The summed E-state index contributed by atoms with van der Waals surface area (Å²) in [7, 11) is 0. The fourth-order valence-electron chi connectivity index (χ4n) is 1.63. The van der Waals surface area contributed by atoms with Gasteiger partial charge in [-0.1, -0.05) is 6.92 Å². The average Bonchev–Trinajstić information content (AvgIpc) is 2.93. The topological polar surface area (TPSA) is 80.0 Å². The van der Waals surface area contributed by atoms with Crippen LogP contribution in [0.3, 0.4) is 0 Å². The van der Waals surface area contributed by atoms with Gasteiger partial charge in [0, 0.05) is 17.9 Å². The maximum atomic E-state index is 11.9. The first-order valence-electron chi connectivity index (χ1n) is 5.36. The number of pyridine rings is 1. The van der Waals surface area contributed by atoms with Crippen LogP contribution in [0.2, 0.25) is 0 Å². The molecule has 1 aromatic heterocycles. The van der Waals surface area contributed by atoms with E-state index in [-0.39, 0.29) is 5.91 Å². The minimum atomic E-state index is -0.116. The molecule has 0 aromatic carbocycles. The Morgan fingerprint density at radius 2 is 2.31 bits per heavy atom. The summed E-state index contributed by atoms with van der Waals surface area (Å²) in [6.45, 7) is 3.96. The third kappa shape index (κ3) is 2.14. The molecule has 5 heteroatoms. The first kappa shape index (κ1) is 10.9. The zero-order valence-corrected chi connectivity index (χ0v) is 9.45. The van der Waals surface area contributed by atoms with E-state index < -0.39 is 0 Å². The van der Waals surface area contributed by atoms with Crippen LogP contribution in [-0.4, -0.2) is 16.9 Å². The van der Waals surface area contributed by atoms with Crippen molar-refractivity contribution in [3.63, 3.8) is 0 Å². The molecule has 0 radical (unpaired) electrons. The highest BCUT2D eigenvalue weighted by atomic mass is 16.1. The van der Waals surface area contributed by atoms with Crippen LogP contribution in [-0.2, 0) is 0 Å². The van der Waals surface area contributed by atoms with E-state index in [9.17, 15) is 4.79 Å². The van der Waals surface area contributed by atoms with Crippen molar-refractivity contribution in [2.75, 3.05) is 5.43 Å². The molecule has 16 heavy (non-hydrogen) atoms. The number of hydrogen-bond acceptors (Lipinski definition) is 4. The van der Waals surface area contributed by atoms with E-state index in [0.717, 1.165) is 12.1 Å². The number of hydrogen-bond donors (Lipinski definition) is 3. The Labute approximate surface area is 94.4 Å². The number of nitrogens with one attached hydrogen (secondary N) is 2. The van der Waals surface area contributed by atoms with E-state index in [1.165, 1.54) is 0 Å². The van der Waals surface area contributed by atoms with E-state index in [1.54, 1.807) is 12.3 Å². The number of carbonyl (C=O) groups excluding carboxylic acids is 1. The summed E-state index contributed by atoms with van der Waals surface area (Å²) in [5, 5.41) is 2.94. The predicted molar refractivity (Wildman–Crippen MR) is 61.8 cm³/mol. The van der Waals surface area contributed by atoms with E-state index in [0.29, 0.717) is 23.2 Å². The lowest BCUT2D eigenvalue weighted by Crippen LogP contribution is -2.28. The Balaban J connectivity index is 2.15. The van der Waals surface area contributed by atoms with Gasteiger partial charge in [0.05, 0.1) is 11.3 Å². The standard InChI is InChI=1S/C11H16N4O/c1-6-3-9(6)14-11(16)8-5-13-7(2)4-10(8)15-12/h4-6,9H,3,12H2,1-2H3,(H,13,15)(H,14,16). The largest absolute Gasteiger partial charge is 0.349 e. The molecule has 0 aliphatic heterocycles. The van der Waals surface area contributed by atoms with Gasteiger partial charge in [-0.15, -0.1) is 0 Å². The fourth-order valence-corrected chi connectivity index (χ4v) is 1.63. The molecule has 4 N–H and O–H groups in total. The molecular formula is C11H16N4O. The third-order valence-electron chi connectivity index (χ3n) is 2.87. The predicted octanol–water partition coefficient (Wildman–Crippen LogP) is 0.814. The fraction of sp³-hybridized carbons (Fsp3) is 0.455. The molecule has 2 unspecified atom stereocenters. The van der Waals surface area contributed by atoms with Crippen molar-refractivity contribution in [2.24, 2.45) is 11.8 Å². The number of carbonyl (C=O) groups is 1. The SMILES string of the molecule is Cc1cc(NN)c(C(=O)NC2CC2C)cn1. The van der Waals surface area contributed by atoms with Gasteiger partial charge in [0.15, 0.2) is 0 Å². The molecule has 86 valence electrons. The number of aryl methyl sites for hydroxylation is 1. The number of aromatic nitrogens is 1. The van der Waals surface area contributed by atoms with Crippen LogP contribution >= 0.6 is 0 Å². The molecule has 1 aliphatic carbocycles. The second-order valence-corrected chi connectivity index (χ2v) is 4.31. The Kier molecular flexibility index (Phi) is 2.78.